The van der Waals surface area contributed by atoms with Crippen molar-refractivity contribution in [3.63, 3.8) is 0 Å². The Balaban J connectivity index is 2.37. The van der Waals surface area contributed by atoms with E-state index < -0.39 is 20.9 Å². The zero-order chi connectivity index (χ0) is 21.1. The van der Waals surface area contributed by atoms with E-state index in [-0.39, 0.29) is 44.4 Å². The molecule has 0 unspecified atom stereocenters. The molecule has 150 valence electrons. The first-order chi connectivity index (χ1) is 13.1. The second-order valence-electron chi connectivity index (χ2n) is 5.61. The Morgan fingerprint density at radius 2 is 1.86 bits per heavy atom. The summed E-state index contributed by atoms with van der Waals surface area (Å²) in [5, 5.41) is 13.6. The van der Waals surface area contributed by atoms with Crippen LogP contribution in [0.25, 0.3) is 0 Å². The van der Waals surface area contributed by atoms with Crippen LogP contribution in [0.1, 0.15) is 24.2 Å². The van der Waals surface area contributed by atoms with Crippen molar-refractivity contribution in [2.24, 2.45) is 0 Å². The van der Waals surface area contributed by atoms with Crippen LogP contribution in [-0.2, 0) is 10.0 Å². The van der Waals surface area contributed by atoms with Crippen LogP contribution >= 0.6 is 27.5 Å². The molecule has 28 heavy (non-hydrogen) atoms. The van der Waals surface area contributed by atoms with E-state index in [0.717, 1.165) is 6.07 Å². The number of nitrogens with one attached hydrogen (secondary N) is 1. The SMILES string of the molecule is CCN(CC)S(=O)(=O)c1cc(NC(=O)c2ccc(Br)c([N+](=O)[O-])c2)ccc1Cl. The zero-order valence-corrected chi connectivity index (χ0v) is 18.1. The predicted octanol–water partition coefficient (Wildman–Crippen LogP) is 4.29. The summed E-state index contributed by atoms with van der Waals surface area (Å²) in [5.41, 5.74) is -0.00254. The van der Waals surface area contributed by atoms with Crippen molar-refractivity contribution < 1.29 is 18.1 Å². The highest BCUT2D eigenvalue weighted by atomic mass is 79.9. The fourth-order valence-electron chi connectivity index (χ4n) is 2.48. The maximum Gasteiger partial charge on any atom is 0.284 e. The van der Waals surface area contributed by atoms with E-state index >= 15 is 0 Å². The third-order valence-corrected chi connectivity index (χ3v) is 7.12. The quantitative estimate of drug-likeness (QED) is 0.460. The Morgan fingerprint density at radius 3 is 2.43 bits per heavy atom. The van der Waals surface area contributed by atoms with E-state index in [4.69, 9.17) is 11.6 Å². The molecule has 2 rings (SSSR count). The van der Waals surface area contributed by atoms with Gasteiger partial charge in [-0.1, -0.05) is 25.4 Å². The van der Waals surface area contributed by atoms with Crippen LogP contribution in [-0.4, -0.2) is 36.6 Å². The maximum atomic E-state index is 12.7. The van der Waals surface area contributed by atoms with Gasteiger partial charge in [0.05, 0.1) is 14.4 Å². The topological polar surface area (TPSA) is 110 Å². The van der Waals surface area contributed by atoms with Crippen LogP contribution in [0.15, 0.2) is 45.8 Å². The number of nitro benzene ring substituents is 1. The van der Waals surface area contributed by atoms with Crippen LogP contribution in [0.2, 0.25) is 5.02 Å². The van der Waals surface area contributed by atoms with E-state index in [1.54, 1.807) is 13.8 Å². The molecule has 0 saturated carbocycles. The van der Waals surface area contributed by atoms with Gasteiger partial charge >= 0.3 is 0 Å². The first-order valence-electron chi connectivity index (χ1n) is 8.16. The van der Waals surface area contributed by atoms with Gasteiger partial charge in [0.2, 0.25) is 10.0 Å². The smallest absolute Gasteiger partial charge is 0.284 e. The summed E-state index contributed by atoms with van der Waals surface area (Å²) in [6.07, 6.45) is 0. The average molecular weight is 491 g/mol. The number of rotatable bonds is 7. The molecule has 0 aliphatic heterocycles. The highest BCUT2D eigenvalue weighted by Gasteiger charge is 2.25. The largest absolute Gasteiger partial charge is 0.322 e. The van der Waals surface area contributed by atoms with Gasteiger partial charge in [0.15, 0.2) is 0 Å². The lowest BCUT2D eigenvalue weighted by Crippen LogP contribution is -2.30. The van der Waals surface area contributed by atoms with Gasteiger partial charge in [-0.3, -0.25) is 14.9 Å². The molecule has 0 aliphatic carbocycles. The van der Waals surface area contributed by atoms with Crippen LogP contribution < -0.4 is 5.32 Å². The van der Waals surface area contributed by atoms with Crippen LogP contribution in [0.3, 0.4) is 0 Å². The Hall–Kier alpha value is -2.01. The molecule has 0 aromatic heterocycles. The Labute approximate surface area is 175 Å². The fourth-order valence-corrected chi connectivity index (χ4v) is 4.83. The Morgan fingerprint density at radius 1 is 1.21 bits per heavy atom. The second kappa shape index (κ2) is 8.99. The second-order valence-corrected chi connectivity index (χ2v) is 8.78. The number of amides is 1. The number of sulfonamides is 1. The van der Waals surface area contributed by atoms with E-state index in [0.29, 0.717) is 0 Å². The molecular formula is C17H17BrClN3O5S. The number of carbonyl (C=O) groups excluding carboxylic acids is 1. The van der Waals surface area contributed by atoms with Gasteiger partial charge in [0, 0.05) is 30.4 Å². The van der Waals surface area contributed by atoms with Gasteiger partial charge in [-0.2, -0.15) is 4.31 Å². The summed E-state index contributed by atoms with van der Waals surface area (Å²) in [6, 6.07) is 8.03. The van der Waals surface area contributed by atoms with E-state index in [1.807, 2.05) is 0 Å². The molecule has 0 radical (unpaired) electrons. The molecule has 8 nitrogen and oxygen atoms in total. The molecule has 0 fully saturated rings. The van der Waals surface area contributed by atoms with Gasteiger partial charge in [-0.25, -0.2) is 8.42 Å². The molecule has 0 atom stereocenters. The number of halogens is 2. The lowest BCUT2D eigenvalue weighted by atomic mass is 10.2. The molecule has 2 aromatic rings. The van der Waals surface area contributed by atoms with Crippen molar-refractivity contribution >= 4 is 54.8 Å². The summed E-state index contributed by atoms with van der Waals surface area (Å²) < 4.78 is 26.9. The standard InChI is InChI=1S/C17H17BrClN3O5S/c1-3-21(4-2)28(26,27)16-10-12(6-8-14(16)19)20-17(23)11-5-7-13(18)15(9-11)22(24)25/h5-10H,3-4H2,1-2H3,(H,20,23). The fraction of sp³-hybridized carbons (Fsp3) is 0.235. The van der Waals surface area contributed by atoms with Gasteiger partial charge in [-0.15, -0.1) is 0 Å². The first-order valence-corrected chi connectivity index (χ1v) is 10.8. The van der Waals surface area contributed by atoms with Gasteiger partial charge in [0.25, 0.3) is 11.6 Å². The van der Waals surface area contributed by atoms with Crippen molar-refractivity contribution in [1.29, 1.82) is 0 Å². The molecule has 0 heterocycles. The summed E-state index contributed by atoms with van der Waals surface area (Å²) in [4.78, 5) is 22.7. The van der Waals surface area contributed by atoms with Gasteiger partial charge < -0.3 is 5.32 Å². The third kappa shape index (κ3) is 4.69. The minimum absolute atomic E-state index is 0.0316. The number of carbonyl (C=O) groups is 1. The molecule has 1 amide bonds. The number of benzene rings is 2. The minimum atomic E-state index is -3.82. The number of nitrogens with zero attached hydrogens (tertiary/aromatic N) is 2. The average Bonchev–Trinajstić information content (AvgIpc) is 2.64. The number of hydrogen-bond donors (Lipinski definition) is 1. The third-order valence-electron chi connectivity index (χ3n) is 3.92. The first kappa shape index (κ1) is 22.3. The number of hydrogen-bond acceptors (Lipinski definition) is 5. The molecule has 2 aromatic carbocycles. The lowest BCUT2D eigenvalue weighted by Gasteiger charge is -2.19. The van der Waals surface area contributed by atoms with Crippen molar-refractivity contribution in [1.82, 2.24) is 4.31 Å². The van der Waals surface area contributed by atoms with Crippen LogP contribution in [0.5, 0.6) is 0 Å². The van der Waals surface area contributed by atoms with E-state index in [2.05, 4.69) is 21.2 Å². The summed E-state index contributed by atoms with van der Waals surface area (Å²) >= 11 is 9.12. The zero-order valence-electron chi connectivity index (χ0n) is 15.0. The maximum absolute atomic E-state index is 12.7. The van der Waals surface area contributed by atoms with E-state index in [1.165, 1.54) is 34.6 Å². The highest BCUT2D eigenvalue weighted by Crippen LogP contribution is 2.29. The Bertz CT molecular complexity index is 1030. The van der Waals surface area contributed by atoms with Crippen molar-refractivity contribution in [3.8, 4) is 0 Å². The molecule has 0 saturated heterocycles. The molecule has 11 heteroatoms. The number of anilines is 1. The number of nitro groups is 1. The van der Waals surface area contributed by atoms with Crippen molar-refractivity contribution in [3.05, 3.63) is 61.6 Å². The molecule has 0 aliphatic rings. The highest BCUT2D eigenvalue weighted by molar-refractivity contribution is 9.10. The molecular weight excluding hydrogens is 474 g/mol. The normalized spacial score (nSPS) is 11.5. The van der Waals surface area contributed by atoms with Gasteiger partial charge in [0.1, 0.15) is 4.90 Å². The van der Waals surface area contributed by atoms with Crippen molar-refractivity contribution in [2.45, 2.75) is 18.7 Å². The molecule has 0 spiro atoms. The van der Waals surface area contributed by atoms with Crippen LogP contribution in [0.4, 0.5) is 11.4 Å². The predicted molar refractivity (Wildman–Crippen MR) is 110 cm³/mol. The lowest BCUT2D eigenvalue weighted by molar-refractivity contribution is -0.385. The monoisotopic (exact) mass is 489 g/mol. The van der Waals surface area contributed by atoms with Crippen molar-refractivity contribution in [2.75, 3.05) is 18.4 Å². The summed E-state index contributed by atoms with van der Waals surface area (Å²) in [7, 11) is -3.82. The Kier molecular flexibility index (Phi) is 7.16. The minimum Gasteiger partial charge on any atom is -0.322 e. The van der Waals surface area contributed by atoms with Gasteiger partial charge in [-0.05, 0) is 46.3 Å². The summed E-state index contributed by atoms with van der Waals surface area (Å²) in [6.45, 7) is 3.96. The van der Waals surface area contributed by atoms with E-state index in [9.17, 15) is 23.3 Å². The molecule has 1 N–H and O–H groups in total. The van der Waals surface area contributed by atoms with Crippen LogP contribution in [0, 0.1) is 10.1 Å². The molecule has 0 bridgehead atoms. The summed E-state index contributed by atoms with van der Waals surface area (Å²) in [5.74, 6) is -0.621.